The van der Waals surface area contributed by atoms with Crippen molar-refractivity contribution in [3.8, 4) is 0 Å². The number of hydrogen-bond acceptors (Lipinski definition) is 2. The minimum absolute atomic E-state index is 1.18. The summed E-state index contributed by atoms with van der Waals surface area (Å²) in [6.07, 6.45) is 9.16. The Balaban J connectivity index is 2.44. The van der Waals surface area contributed by atoms with Crippen LogP contribution in [0.15, 0.2) is 17.2 Å². The number of aromatic nitrogens is 1. The minimum atomic E-state index is 1.18. The summed E-state index contributed by atoms with van der Waals surface area (Å²) in [4.78, 5) is 5.84. The molecule has 0 fully saturated rings. The topological polar surface area (TPSA) is 12.9 Å². The van der Waals surface area contributed by atoms with E-state index in [0.717, 1.165) is 0 Å². The molecule has 64 valence electrons. The first-order chi connectivity index (χ1) is 5.92. The Kier molecular flexibility index (Phi) is 2.35. The molecule has 0 amide bonds. The van der Waals surface area contributed by atoms with Gasteiger partial charge in [0.25, 0.3) is 0 Å². The van der Waals surface area contributed by atoms with Gasteiger partial charge in [0.05, 0.1) is 0 Å². The molecule has 0 spiro atoms. The van der Waals surface area contributed by atoms with E-state index >= 15 is 0 Å². The molecule has 0 atom stereocenters. The standard InChI is InChI=1S/C10H13NS/c1-12-10-6-7-11-9-5-3-2-4-8(9)10/h6-7H,2-5H2,1H3. The third kappa shape index (κ3) is 1.36. The van der Waals surface area contributed by atoms with Gasteiger partial charge in [0.15, 0.2) is 0 Å². The zero-order valence-electron chi connectivity index (χ0n) is 7.34. The highest BCUT2D eigenvalue weighted by Gasteiger charge is 2.12. The molecule has 0 unspecified atom stereocenters. The molecule has 2 rings (SSSR count). The van der Waals surface area contributed by atoms with Crippen molar-refractivity contribution in [1.82, 2.24) is 4.98 Å². The quantitative estimate of drug-likeness (QED) is 0.615. The average molecular weight is 179 g/mol. The predicted molar refractivity (Wildman–Crippen MR) is 52.7 cm³/mol. The molecule has 1 aromatic rings. The lowest BCUT2D eigenvalue weighted by Gasteiger charge is -2.16. The van der Waals surface area contributed by atoms with Crippen LogP contribution in [0.1, 0.15) is 24.1 Å². The van der Waals surface area contributed by atoms with Gasteiger partial charge in [-0.1, -0.05) is 0 Å². The summed E-state index contributed by atoms with van der Waals surface area (Å²) in [5, 5.41) is 0. The normalized spacial score (nSPS) is 15.8. The molecule has 1 heterocycles. The highest BCUT2D eigenvalue weighted by Crippen LogP contribution is 2.27. The second kappa shape index (κ2) is 3.48. The first-order valence-corrected chi connectivity index (χ1v) is 5.65. The van der Waals surface area contributed by atoms with E-state index in [0.29, 0.717) is 0 Å². The van der Waals surface area contributed by atoms with Gasteiger partial charge < -0.3 is 0 Å². The molecular weight excluding hydrogens is 166 g/mol. The first kappa shape index (κ1) is 8.11. The predicted octanol–water partition coefficient (Wildman–Crippen LogP) is 2.68. The number of hydrogen-bond donors (Lipinski definition) is 0. The molecule has 0 aliphatic heterocycles. The molecule has 0 saturated carbocycles. The van der Waals surface area contributed by atoms with Crippen molar-refractivity contribution in [2.75, 3.05) is 6.26 Å². The molecule has 1 aromatic heterocycles. The van der Waals surface area contributed by atoms with Crippen molar-refractivity contribution < 1.29 is 0 Å². The largest absolute Gasteiger partial charge is 0.261 e. The second-order valence-electron chi connectivity index (χ2n) is 3.15. The zero-order chi connectivity index (χ0) is 8.39. The third-order valence-corrected chi connectivity index (χ3v) is 3.23. The average Bonchev–Trinajstić information content (AvgIpc) is 2.17. The number of nitrogens with zero attached hydrogens (tertiary/aromatic N) is 1. The Labute approximate surface area is 77.6 Å². The molecule has 0 bridgehead atoms. The summed E-state index contributed by atoms with van der Waals surface area (Å²) in [6.45, 7) is 0. The smallest absolute Gasteiger partial charge is 0.0446 e. The molecule has 1 nitrogen and oxygen atoms in total. The van der Waals surface area contributed by atoms with Crippen molar-refractivity contribution in [2.24, 2.45) is 0 Å². The lowest BCUT2D eigenvalue weighted by Crippen LogP contribution is -2.05. The summed E-state index contributed by atoms with van der Waals surface area (Å²) < 4.78 is 0. The van der Waals surface area contributed by atoms with E-state index in [1.54, 1.807) is 0 Å². The van der Waals surface area contributed by atoms with E-state index in [1.807, 2.05) is 18.0 Å². The Morgan fingerprint density at radius 2 is 2.17 bits per heavy atom. The van der Waals surface area contributed by atoms with Gasteiger partial charge in [-0.2, -0.15) is 0 Å². The van der Waals surface area contributed by atoms with Crippen LogP contribution in [0, 0.1) is 0 Å². The molecular formula is C10H13NS. The Morgan fingerprint density at radius 3 is 3.00 bits per heavy atom. The lowest BCUT2D eigenvalue weighted by molar-refractivity contribution is 0.657. The maximum absolute atomic E-state index is 4.41. The maximum Gasteiger partial charge on any atom is 0.0446 e. The molecule has 1 aliphatic carbocycles. The van der Waals surface area contributed by atoms with Crippen molar-refractivity contribution >= 4 is 11.8 Å². The minimum Gasteiger partial charge on any atom is -0.261 e. The molecule has 2 heteroatoms. The Bertz CT molecular complexity index is 269. The van der Waals surface area contributed by atoms with E-state index in [1.165, 1.54) is 41.8 Å². The third-order valence-electron chi connectivity index (χ3n) is 2.41. The van der Waals surface area contributed by atoms with Crippen LogP contribution < -0.4 is 0 Å². The van der Waals surface area contributed by atoms with Crippen LogP contribution in [0.25, 0.3) is 0 Å². The zero-order valence-corrected chi connectivity index (χ0v) is 8.16. The van der Waals surface area contributed by atoms with Crippen molar-refractivity contribution in [3.63, 3.8) is 0 Å². The summed E-state index contributed by atoms with van der Waals surface area (Å²) in [5.74, 6) is 0. The molecule has 0 aromatic carbocycles. The molecule has 0 saturated heterocycles. The van der Waals surface area contributed by atoms with Crippen LogP contribution >= 0.6 is 11.8 Å². The van der Waals surface area contributed by atoms with E-state index in [9.17, 15) is 0 Å². The van der Waals surface area contributed by atoms with Crippen LogP contribution in [-0.4, -0.2) is 11.2 Å². The van der Waals surface area contributed by atoms with Gasteiger partial charge in [0, 0.05) is 16.8 Å². The monoisotopic (exact) mass is 179 g/mol. The van der Waals surface area contributed by atoms with Crippen LogP contribution in [0.5, 0.6) is 0 Å². The molecule has 0 N–H and O–H groups in total. The Hall–Kier alpha value is -0.500. The molecule has 0 radical (unpaired) electrons. The van der Waals surface area contributed by atoms with E-state index in [2.05, 4.69) is 17.3 Å². The van der Waals surface area contributed by atoms with E-state index in [-0.39, 0.29) is 0 Å². The van der Waals surface area contributed by atoms with Gasteiger partial charge in [0.2, 0.25) is 0 Å². The van der Waals surface area contributed by atoms with Crippen LogP contribution in [0.3, 0.4) is 0 Å². The SMILES string of the molecule is CSc1ccnc2c1CCCC2. The second-order valence-corrected chi connectivity index (χ2v) is 3.99. The fraction of sp³-hybridized carbons (Fsp3) is 0.500. The Morgan fingerprint density at radius 1 is 1.33 bits per heavy atom. The molecule has 1 aliphatic rings. The number of aryl methyl sites for hydroxylation is 1. The summed E-state index contributed by atoms with van der Waals surface area (Å²) >= 11 is 1.84. The fourth-order valence-corrected chi connectivity index (χ4v) is 2.45. The fourth-order valence-electron chi connectivity index (χ4n) is 1.78. The summed E-state index contributed by atoms with van der Waals surface area (Å²) in [7, 11) is 0. The van der Waals surface area contributed by atoms with Gasteiger partial charge >= 0.3 is 0 Å². The number of thioether (sulfide) groups is 1. The maximum atomic E-state index is 4.41. The number of pyridine rings is 1. The highest BCUT2D eigenvalue weighted by molar-refractivity contribution is 7.98. The number of fused-ring (bicyclic) bond motifs is 1. The van der Waals surface area contributed by atoms with Crippen molar-refractivity contribution in [2.45, 2.75) is 30.6 Å². The number of rotatable bonds is 1. The van der Waals surface area contributed by atoms with Crippen molar-refractivity contribution in [3.05, 3.63) is 23.5 Å². The van der Waals surface area contributed by atoms with Crippen LogP contribution in [-0.2, 0) is 12.8 Å². The first-order valence-electron chi connectivity index (χ1n) is 4.42. The lowest BCUT2D eigenvalue weighted by atomic mass is 9.96. The van der Waals surface area contributed by atoms with Crippen molar-refractivity contribution in [1.29, 1.82) is 0 Å². The summed E-state index contributed by atoms with van der Waals surface area (Å²) in [5.41, 5.74) is 2.85. The summed E-state index contributed by atoms with van der Waals surface area (Å²) in [6, 6.07) is 2.13. The van der Waals surface area contributed by atoms with Crippen LogP contribution in [0.4, 0.5) is 0 Å². The van der Waals surface area contributed by atoms with E-state index < -0.39 is 0 Å². The van der Waals surface area contributed by atoms with Crippen LogP contribution in [0.2, 0.25) is 0 Å². The van der Waals surface area contributed by atoms with E-state index in [4.69, 9.17) is 0 Å². The highest BCUT2D eigenvalue weighted by atomic mass is 32.2. The van der Waals surface area contributed by atoms with Gasteiger partial charge in [-0.05, 0) is 43.6 Å². The van der Waals surface area contributed by atoms with Gasteiger partial charge in [-0.15, -0.1) is 11.8 Å². The van der Waals surface area contributed by atoms with Gasteiger partial charge in [-0.3, -0.25) is 4.98 Å². The molecule has 12 heavy (non-hydrogen) atoms. The van der Waals surface area contributed by atoms with Gasteiger partial charge in [0.1, 0.15) is 0 Å². The van der Waals surface area contributed by atoms with Gasteiger partial charge in [-0.25, -0.2) is 0 Å².